The Morgan fingerprint density at radius 2 is 1.46 bits per heavy atom. The van der Waals surface area contributed by atoms with Crippen molar-refractivity contribution in [2.75, 3.05) is 13.2 Å². The van der Waals surface area contributed by atoms with Gasteiger partial charge >= 0.3 is 0 Å². The molecular formula is C18H18Cl2N2O4. The highest BCUT2D eigenvalue weighted by Gasteiger charge is 2.09. The van der Waals surface area contributed by atoms with Crippen molar-refractivity contribution in [3.05, 3.63) is 57.6 Å². The third-order valence-electron chi connectivity index (χ3n) is 3.16. The Labute approximate surface area is 161 Å². The number of benzene rings is 2. The maximum absolute atomic E-state index is 11.7. The average Bonchev–Trinajstić information content (AvgIpc) is 2.58. The zero-order valence-electron chi connectivity index (χ0n) is 14.3. The fraction of sp³-hybridized carbons (Fsp3) is 0.222. The first-order valence-electron chi connectivity index (χ1n) is 7.70. The highest BCUT2D eigenvalue weighted by Crippen LogP contribution is 2.27. The highest BCUT2D eigenvalue weighted by atomic mass is 35.5. The number of hydrogen-bond donors (Lipinski definition) is 2. The number of amides is 2. The molecule has 0 saturated heterocycles. The van der Waals surface area contributed by atoms with E-state index >= 15 is 0 Å². The van der Waals surface area contributed by atoms with Gasteiger partial charge < -0.3 is 9.47 Å². The Morgan fingerprint density at radius 1 is 0.885 bits per heavy atom. The summed E-state index contributed by atoms with van der Waals surface area (Å²) in [5, 5.41) is 0.759. The summed E-state index contributed by atoms with van der Waals surface area (Å²) in [6, 6.07) is 10.3. The summed E-state index contributed by atoms with van der Waals surface area (Å²) in [6.45, 7) is 3.31. The van der Waals surface area contributed by atoms with Gasteiger partial charge in [-0.25, -0.2) is 0 Å². The van der Waals surface area contributed by atoms with E-state index in [4.69, 9.17) is 32.7 Å². The molecule has 0 unspecified atom stereocenters. The van der Waals surface area contributed by atoms with Crippen LogP contribution in [0.4, 0.5) is 0 Å². The van der Waals surface area contributed by atoms with Crippen LogP contribution >= 0.6 is 23.2 Å². The molecule has 0 radical (unpaired) electrons. The molecule has 0 spiro atoms. The van der Waals surface area contributed by atoms with E-state index in [9.17, 15) is 9.59 Å². The number of halogens is 2. The maximum Gasteiger partial charge on any atom is 0.276 e. The minimum atomic E-state index is -0.555. The van der Waals surface area contributed by atoms with Crippen LogP contribution in [0.25, 0.3) is 0 Å². The molecule has 2 N–H and O–H groups in total. The molecule has 0 bridgehead atoms. The Balaban J connectivity index is 1.72. The van der Waals surface area contributed by atoms with Gasteiger partial charge in [0.1, 0.15) is 11.5 Å². The first-order chi connectivity index (χ1) is 12.3. The van der Waals surface area contributed by atoms with Crippen LogP contribution in [0.5, 0.6) is 11.5 Å². The second-order valence-corrected chi connectivity index (χ2v) is 6.42. The molecule has 0 aliphatic carbocycles. The summed E-state index contributed by atoms with van der Waals surface area (Å²) < 4.78 is 10.6. The molecule has 0 heterocycles. The summed E-state index contributed by atoms with van der Waals surface area (Å²) >= 11 is 11.8. The Hall–Kier alpha value is -2.44. The van der Waals surface area contributed by atoms with E-state index in [0.29, 0.717) is 15.8 Å². The van der Waals surface area contributed by atoms with Crippen molar-refractivity contribution in [2.45, 2.75) is 13.8 Å². The molecule has 138 valence electrons. The maximum atomic E-state index is 11.7. The lowest BCUT2D eigenvalue weighted by Crippen LogP contribution is -2.45. The number of nitrogens with one attached hydrogen (secondary N) is 2. The lowest BCUT2D eigenvalue weighted by molar-refractivity contribution is -0.131. The van der Waals surface area contributed by atoms with E-state index in [2.05, 4.69) is 10.9 Å². The van der Waals surface area contributed by atoms with Crippen LogP contribution in [-0.4, -0.2) is 25.0 Å². The fourth-order valence-corrected chi connectivity index (χ4v) is 2.44. The van der Waals surface area contributed by atoms with Crippen molar-refractivity contribution < 1.29 is 19.1 Å². The predicted molar refractivity (Wildman–Crippen MR) is 99.7 cm³/mol. The van der Waals surface area contributed by atoms with Gasteiger partial charge in [0, 0.05) is 11.1 Å². The van der Waals surface area contributed by atoms with Gasteiger partial charge in [-0.2, -0.15) is 0 Å². The quantitative estimate of drug-likeness (QED) is 0.734. The number of ether oxygens (including phenoxy) is 2. The van der Waals surface area contributed by atoms with Gasteiger partial charge in [0.25, 0.3) is 11.8 Å². The molecule has 0 aliphatic heterocycles. The molecule has 6 nitrogen and oxygen atoms in total. The van der Waals surface area contributed by atoms with Crippen molar-refractivity contribution in [2.24, 2.45) is 0 Å². The number of hydrazine groups is 1. The van der Waals surface area contributed by atoms with Crippen molar-refractivity contribution >= 4 is 35.0 Å². The van der Waals surface area contributed by atoms with Gasteiger partial charge in [0.05, 0.1) is 5.02 Å². The molecule has 2 aromatic rings. The van der Waals surface area contributed by atoms with Gasteiger partial charge in [0.15, 0.2) is 13.2 Å². The normalized spacial score (nSPS) is 10.2. The molecule has 0 aromatic heterocycles. The van der Waals surface area contributed by atoms with E-state index in [1.54, 1.807) is 12.1 Å². The first kappa shape index (κ1) is 19.9. The summed E-state index contributed by atoms with van der Waals surface area (Å²) in [6.07, 6.45) is 0. The number of carbonyl (C=O) groups is 2. The third kappa shape index (κ3) is 6.46. The van der Waals surface area contributed by atoms with Crippen LogP contribution in [0.3, 0.4) is 0 Å². The van der Waals surface area contributed by atoms with Crippen molar-refractivity contribution in [1.82, 2.24) is 10.9 Å². The number of rotatable bonds is 6. The van der Waals surface area contributed by atoms with Gasteiger partial charge in [-0.1, -0.05) is 29.3 Å². The van der Waals surface area contributed by atoms with Gasteiger partial charge in [0.2, 0.25) is 0 Å². The number of carbonyl (C=O) groups excluding carboxylic acids is 2. The summed E-state index contributed by atoms with van der Waals surface area (Å²) in [5.74, 6) is -0.194. The fourth-order valence-electron chi connectivity index (χ4n) is 2.11. The van der Waals surface area contributed by atoms with Crippen LogP contribution in [0.15, 0.2) is 36.4 Å². The monoisotopic (exact) mass is 396 g/mol. The van der Waals surface area contributed by atoms with Crippen molar-refractivity contribution in [3.63, 3.8) is 0 Å². The molecule has 8 heteroatoms. The van der Waals surface area contributed by atoms with Crippen LogP contribution in [0.2, 0.25) is 10.0 Å². The highest BCUT2D eigenvalue weighted by molar-refractivity contribution is 6.34. The summed E-state index contributed by atoms with van der Waals surface area (Å²) in [4.78, 5) is 23.4. The second-order valence-electron chi connectivity index (χ2n) is 5.57. The lowest BCUT2D eigenvalue weighted by Gasteiger charge is -2.11. The van der Waals surface area contributed by atoms with E-state index in [1.807, 2.05) is 32.0 Å². The Morgan fingerprint density at radius 3 is 2.08 bits per heavy atom. The lowest BCUT2D eigenvalue weighted by atomic mass is 10.1. The van der Waals surface area contributed by atoms with Crippen molar-refractivity contribution in [3.8, 4) is 11.5 Å². The molecule has 2 amide bonds. The predicted octanol–water partition coefficient (Wildman–Crippen LogP) is 3.22. The molecule has 0 atom stereocenters. The van der Waals surface area contributed by atoms with Gasteiger partial charge in [-0.15, -0.1) is 0 Å². The molecule has 0 fully saturated rings. The largest absolute Gasteiger partial charge is 0.484 e. The zero-order chi connectivity index (χ0) is 19.1. The van der Waals surface area contributed by atoms with E-state index in [1.165, 1.54) is 6.07 Å². The topological polar surface area (TPSA) is 76.7 Å². The third-order valence-corrected chi connectivity index (χ3v) is 3.71. The number of aryl methyl sites for hydroxylation is 2. The molecular weight excluding hydrogens is 379 g/mol. The van der Waals surface area contributed by atoms with Crippen LogP contribution in [0.1, 0.15) is 11.1 Å². The smallest absolute Gasteiger partial charge is 0.276 e. The van der Waals surface area contributed by atoms with Crippen LogP contribution in [0, 0.1) is 13.8 Å². The molecule has 0 aliphatic rings. The van der Waals surface area contributed by atoms with E-state index < -0.39 is 11.8 Å². The molecule has 2 aromatic carbocycles. The van der Waals surface area contributed by atoms with Gasteiger partial charge in [-0.05, 0) is 49.2 Å². The minimum absolute atomic E-state index is 0.232. The zero-order valence-corrected chi connectivity index (χ0v) is 15.8. The standard InChI is InChI=1S/C18H18Cl2N2O4/c1-11-5-12(2)7-14(6-11)25-9-17(23)21-22-18(24)10-26-16-8-13(19)3-4-15(16)20/h3-8H,9-10H2,1-2H3,(H,21,23)(H,22,24). The number of hydrogen-bond acceptors (Lipinski definition) is 4. The molecule has 26 heavy (non-hydrogen) atoms. The molecule has 2 rings (SSSR count). The van der Waals surface area contributed by atoms with E-state index in [-0.39, 0.29) is 19.0 Å². The molecule has 0 saturated carbocycles. The average molecular weight is 397 g/mol. The van der Waals surface area contributed by atoms with Gasteiger partial charge in [-0.3, -0.25) is 20.4 Å². The van der Waals surface area contributed by atoms with E-state index in [0.717, 1.165) is 11.1 Å². The minimum Gasteiger partial charge on any atom is -0.484 e. The van der Waals surface area contributed by atoms with Crippen LogP contribution in [-0.2, 0) is 9.59 Å². The summed E-state index contributed by atoms with van der Waals surface area (Å²) in [7, 11) is 0. The first-order valence-corrected chi connectivity index (χ1v) is 8.45. The Bertz CT molecular complexity index is 792. The Kier molecular flexibility index (Phi) is 7.12. The summed E-state index contributed by atoms with van der Waals surface area (Å²) in [5.41, 5.74) is 6.53. The van der Waals surface area contributed by atoms with Crippen molar-refractivity contribution in [1.29, 1.82) is 0 Å². The second kappa shape index (κ2) is 9.31. The SMILES string of the molecule is Cc1cc(C)cc(OCC(=O)NNC(=O)COc2cc(Cl)ccc2Cl)c1. The van der Waals surface area contributed by atoms with Crippen LogP contribution < -0.4 is 20.3 Å².